The highest BCUT2D eigenvalue weighted by atomic mass is 32.2. The van der Waals surface area contributed by atoms with Crippen molar-refractivity contribution in [1.82, 2.24) is 4.31 Å². The molecule has 0 aliphatic carbocycles. The van der Waals surface area contributed by atoms with E-state index in [2.05, 4.69) is 0 Å². The van der Waals surface area contributed by atoms with Crippen LogP contribution in [0, 0.1) is 6.92 Å². The number of nitrogens with zero attached hydrogens (tertiary/aromatic N) is 1. The molecule has 1 aliphatic rings. The van der Waals surface area contributed by atoms with Gasteiger partial charge in [-0.05, 0) is 52.7 Å². The Bertz CT molecular complexity index is 649. The number of benzene rings is 1. The third-order valence-electron chi connectivity index (χ3n) is 4.05. The smallest absolute Gasteiger partial charge is 0.324 e. The number of sulfonamides is 1. The number of rotatable bonds is 4. The predicted octanol–water partition coefficient (Wildman–Crippen LogP) is 2.49. The van der Waals surface area contributed by atoms with Gasteiger partial charge in [0.1, 0.15) is 6.04 Å². The van der Waals surface area contributed by atoms with Gasteiger partial charge in [-0.2, -0.15) is 4.31 Å². The first-order chi connectivity index (χ1) is 10.2. The lowest BCUT2D eigenvalue weighted by Crippen LogP contribution is -2.50. The van der Waals surface area contributed by atoms with Gasteiger partial charge in [0.2, 0.25) is 10.0 Å². The number of aryl methyl sites for hydroxylation is 1. The molecule has 122 valence electrons. The van der Waals surface area contributed by atoms with E-state index in [1.54, 1.807) is 31.2 Å². The standard InChI is InChI=1S/C16H23NO4S/c1-5-21-15(18)14-10-11-16(3,4)17(14)22(19,20)13-8-6-12(2)7-9-13/h6-9,14H,5,10-11H2,1-4H3/t14-/m0/s1. The van der Waals surface area contributed by atoms with Crippen molar-refractivity contribution < 1.29 is 17.9 Å². The van der Waals surface area contributed by atoms with Crippen molar-refractivity contribution in [1.29, 1.82) is 0 Å². The Morgan fingerprint density at radius 2 is 1.91 bits per heavy atom. The summed E-state index contributed by atoms with van der Waals surface area (Å²) in [5.74, 6) is -0.469. The van der Waals surface area contributed by atoms with Crippen LogP contribution in [-0.4, -0.2) is 36.9 Å². The molecule has 0 saturated carbocycles. The molecule has 0 bridgehead atoms. The van der Waals surface area contributed by atoms with E-state index < -0.39 is 27.6 Å². The van der Waals surface area contributed by atoms with E-state index in [0.29, 0.717) is 12.8 Å². The van der Waals surface area contributed by atoms with Gasteiger partial charge < -0.3 is 4.74 Å². The molecule has 0 amide bonds. The number of ether oxygens (including phenoxy) is 1. The molecule has 22 heavy (non-hydrogen) atoms. The Kier molecular flexibility index (Phi) is 4.63. The summed E-state index contributed by atoms with van der Waals surface area (Å²) in [5, 5.41) is 0. The largest absolute Gasteiger partial charge is 0.465 e. The second-order valence-electron chi connectivity index (χ2n) is 6.23. The summed E-state index contributed by atoms with van der Waals surface area (Å²) >= 11 is 0. The average molecular weight is 325 g/mol. The van der Waals surface area contributed by atoms with Crippen LogP contribution < -0.4 is 0 Å². The second kappa shape index (κ2) is 6.01. The Labute approximate surface area is 132 Å². The Morgan fingerprint density at radius 1 is 1.32 bits per heavy atom. The molecular weight excluding hydrogens is 302 g/mol. The normalized spacial score (nSPS) is 21.7. The fourth-order valence-corrected chi connectivity index (χ4v) is 4.88. The molecule has 1 atom stereocenters. The third kappa shape index (κ3) is 3.03. The minimum absolute atomic E-state index is 0.211. The van der Waals surface area contributed by atoms with Crippen LogP contribution in [0.25, 0.3) is 0 Å². The quantitative estimate of drug-likeness (QED) is 0.798. The summed E-state index contributed by atoms with van der Waals surface area (Å²) < 4.78 is 32.4. The van der Waals surface area contributed by atoms with Gasteiger partial charge in [-0.3, -0.25) is 4.79 Å². The van der Waals surface area contributed by atoms with Crippen molar-refractivity contribution in [3.05, 3.63) is 29.8 Å². The van der Waals surface area contributed by atoms with Crippen molar-refractivity contribution in [2.75, 3.05) is 6.61 Å². The zero-order chi connectivity index (χ0) is 16.5. The molecule has 1 saturated heterocycles. The summed E-state index contributed by atoms with van der Waals surface area (Å²) in [6.45, 7) is 7.55. The lowest BCUT2D eigenvalue weighted by atomic mass is 10.0. The molecule has 1 aliphatic heterocycles. The number of esters is 1. The molecule has 6 heteroatoms. The zero-order valence-electron chi connectivity index (χ0n) is 13.5. The highest BCUT2D eigenvalue weighted by Crippen LogP contribution is 2.38. The van der Waals surface area contributed by atoms with Crippen LogP contribution in [0.3, 0.4) is 0 Å². The van der Waals surface area contributed by atoms with Gasteiger partial charge in [0.25, 0.3) is 0 Å². The van der Waals surface area contributed by atoms with Gasteiger partial charge >= 0.3 is 5.97 Å². The molecule has 1 aromatic rings. The van der Waals surface area contributed by atoms with Gasteiger partial charge in [-0.25, -0.2) is 8.42 Å². The predicted molar refractivity (Wildman–Crippen MR) is 83.9 cm³/mol. The van der Waals surface area contributed by atoms with Gasteiger partial charge in [-0.1, -0.05) is 17.7 Å². The van der Waals surface area contributed by atoms with Gasteiger partial charge in [0, 0.05) is 5.54 Å². The SMILES string of the molecule is CCOC(=O)[C@@H]1CCC(C)(C)N1S(=O)(=O)c1ccc(C)cc1. The Balaban J connectivity index is 2.44. The monoisotopic (exact) mass is 325 g/mol. The molecular formula is C16H23NO4S. The molecule has 0 radical (unpaired) electrons. The summed E-state index contributed by atoms with van der Waals surface area (Å²) in [6, 6.07) is 5.94. The van der Waals surface area contributed by atoms with Crippen LogP contribution in [0.15, 0.2) is 29.2 Å². The van der Waals surface area contributed by atoms with E-state index >= 15 is 0 Å². The van der Waals surface area contributed by atoms with Crippen molar-refractivity contribution in [3.63, 3.8) is 0 Å². The van der Waals surface area contributed by atoms with E-state index in [-0.39, 0.29) is 11.5 Å². The molecule has 1 aromatic carbocycles. The van der Waals surface area contributed by atoms with Crippen LogP contribution in [0.4, 0.5) is 0 Å². The zero-order valence-corrected chi connectivity index (χ0v) is 14.3. The molecule has 0 N–H and O–H groups in total. The first-order valence-electron chi connectivity index (χ1n) is 7.48. The Hall–Kier alpha value is -1.40. The van der Waals surface area contributed by atoms with Gasteiger partial charge in [-0.15, -0.1) is 0 Å². The summed E-state index contributed by atoms with van der Waals surface area (Å²) in [5.41, 5.74) is 0.378. The van der Waals surface area contributed by atoms with Crippen LogP contribution in [-0.2, 0) is 19.6 Å². The molecule has 2 rings (SSSR count). The van der Waals surface area contributed by atoms with Gasteiger partial charge in [0.05, 0.1) is 11.5 Å². The maximum atomic E-state index is 13.0. The lowest BCUT2D eigenvalue weighted by molar-refractivity contribution is -0.147. The number of hydrogen-bond acceptors (Lipinski definition) is 4. The molecule has 0 unspecified atom stereocenters. The average Bonchev–Trinajstić information content (AvgIpc) is 2.76. The fourth-order valence-electron chi connectivity index (χ4n) is 2.91. The minimum atomic E-state index is -3.74. The van der Waals surface area contributed by atoms with E-state index in [1.807, 2.05) is 20.8 Å². The van der Waals surface area contributed by atoms with Crippen molar-refractivity contribution in [2.24, 2.45) is 0 Å². The van der Waals surface area contributed by atoms with Crippen LogP contribution in [0.1, 0.15) is 39.2 Å². The van der Waals surface area contributed by atoms with Crippen molar-refractivity contribution >= 4 is 16.0 Å². The van der Waals surface area contributed by atoms with Crippen LogP contribution in [0.2, 0.25) is 0 Å². The van der Waals surface area contributed by atoms with E-state index in [0.717, 1.165) is 5.56 Å². The maximum absolute atomic E-state index is 13.0. The minimum Gasteiger partial charge on any atom is -0.465 e. The first-order valence-corrected chi connectivity index (χ1v) is 8.92. The van der Waals surface area contributed by atoms with E-state index in [1.165, 1.54) is 4.31 Å². The number of carbonyl (C=O) groups is 1. The van der Waals surface area contributed by atoms with Crippen molar-refractivity contribution in [3.8, 4) is 0 Å². The molecule has 5 nitrogen and oxygen atoms in total. The van der Waals surface area contributed by atoms with Crippen LogP contribution >= 0.6 is 0 Å². The highest BCUT2D eigenvalue weighted by molar-refractivity contribution is 7.89. The summed E-state index contributed by atoms with van der Waals surface area (Å²) in [4.78, 5) is 12.4. The van der Waals surface area contributed by atoms with Crippen molar-refractivity contribution in [2.45, 2.75) is 57.0 Å². The van der Waals surface area contributed by atoms with Gasteiger partial charge in [0.15, 0.2) is 0 Å². The fraction of sp³-hybridized carbons (Fsp3) is 0.562. The molecule has 0 spiro atoms. The summed E-state index contributed by atoms with van der Waals surface area (Å²) in [7, 11) is -3.74. The lowest BCUT2D eigenvalue weighted by Gasteiger charge is -2.33. The van der Waals surface area contributed by atoms with E-state index in [4.69, 9.17) is 4.74 Å². The molecule has 1 fully saturated rings. The maximum Gasteiger partial charge on any atom is 0.324 e. The summed E-state index contributed by atoms with van der Waals surface area (Å²) in [6.07, 6.45) is 1.11. The molecule has 1 heterocycles. The van der Waals surface area contributed by atoms with Crippen LogP contribution in [0.5, 0.6) is 0 Å². The number of hydrogen-bond donors (Lipinski definition) is 0. The van der Waals surface area contributed by atoms with E-state index in [9.17, 15) is 13.2 Å². The molecule has 0 aromatic heterocycles. The topological polar surface area (TPSA) is 63.7 Å². The number of carbonyl (C=O) groups excluding carboxylic acids is 1. The first kappa shape index (κ1) is 17.0. The Morgan fingerprint density at radius 3 is 2.45 bits per heavy atom. The second-order valence-corrected chi connectivity index (χ2v) is 8.05. The highest BCUT2D eigenvalue weighted by Gasteiger charge is 2.50. The third-order valence-corrected chi connectivity index (χ3v) is 6.18.